The lowest BCUT2D eigenvalue weighted by molar-refractivity contribution is 0.0334. The molecule has 1 atom stereocenters. The van der Waals surface area contributed by atoms with Crippen molar-refractivity contribution in [1.82, 2.24) is 19.6 Å². The predicted octanol–water partition coefficient (Wildman–Crippen LogP) is 7.97. The number of aliphatic hydroxyl groups is 1. The summed E-state index contributed by atoms with van der Waals surface area (Å²) in [6.07, 6.45) is 5.57. The van der Waals surface area contributed by atoms with Crippen molar-refractivity contribution in [2.45, 2.75) is 23.3 Å². The van der Waals surface area contributed by atoms with Crippen molar-refractivity contribution in [2.24, 2.45) is 5.92 Å². The van der Waals surface area contributed by atoms with E-state index in [0.717, 1.165) is 72.0 Å². The van der Waals surface area contributed by atoms with Crippen LogP contribution < -0.4 is 19.7 Å². The van der Waals surface area contributed by atoms with E-state index in [1.807, 2.05) is 72.9 Å². The molecule has 57 heavy (non-hydrogen) atoms. The number of nitrogens with zero attached hydrogens (tertiary/aromatic N) is 3. The van der Waals surface area contributed by atoms with Gasteiger partial charge in [-0.2, -0.15) is 0 Å². The molecule has 4 N–H and O–H groups in total. The number of rotatable bonds is 13. The van der Waals surface area contributed by atoms with Crippen molar-refractivity contribution in [2.75, 3.05) is 62.7 Å². The van der Waals surface area contributed by atoms with E-state index in [0.29, 0.717) is 54.7 Å². The highest BCUT2D eigenvalue weighted by atomic mass is 32.2. The molecule has 294 valence electrons. The number of β-amino-alcohol motifs (C(OH)–C–C–N with tert-alkyl or cyclic N) is 1. The third-order valence-corrected chi connectivity index (χ3v) is 11.5. The Balaban J connectivity index is 0.960. The second kappa shape index (κ2) is 17.3. The van der Waals surface area contributed by atoms with Crippen LogP contribution in [0.2, 0.25) is 0 Å². The highest BCUT2D eigenvalue weighted by molar-refractivity contribution is 7.98. The molecule has 1 unspecified atom stereocenters. The molecule has 4 heterocycles. The predicted molar refractivity (Wildman–Crippen MR) is 219 cm³/mol. The first-order chi connectivity index (χ1) is 27.8. The van der Waals surface area contributed by atoms with Crippen LogP contribution in [-0.2, 0) is 10.3 Å². The lowest BCUT2D eigenvalue weighted by Crippen LogP contribution is -2.51. The van der Waals surface area contributed by atoms with Gasteiger partial charge in [0, 0.05) is 86.4 Å². The topological polar surface area (TPSA) is 115 Å². The van der Waals surface area contributed by atoms with Crippen LogP contribution in [0.15, 0.2) is 120 Å². The number of anilines is 2. The van der Waals surface area contributed by atoms with E-state index in [1.54, 1.807) is 24.4 Å². The summed E-state index contributed by atoms with van der Waals surface area (Å²) < 4.78 is 43.1. The number of benzene rings is 4. The van der Waals surface area contributed by atoms with Crippen molar-refractivity contribution < 1.29 is 28.2 Å². The Morgan fingerprint density at radius 1 is 0.912 bits per heavy atom. The van der Waals surface area contributed by atoms with Gasteiger partial charge in [-0.3, -0.25) is 14.4 Å². The lowest BCUT2D eigenvalue weighted by atomic mass is 9.85. The summed E-state index contributed by atoms with van der Waals surface area (Å²) in [5.41, 5.74) is 2.32. The van der Waals surface area contributed by atoms with Crippen LogP contribution in [0.1, 0.15) is 34.3 Å². The van der Waals surface area contributed by atoms with Gasteiger partial charge in [-0.15, -0.1) is 0 Å². The fraction of sp³-hybridized carbons (Fsp3) is 0.273. The van der Waals surface area contributed by atoms with Gasteiger partial charge >= 0.3 is 0 Å². The van der Waals surface area contributed by atoms with Gasteiger partial charge in [0.05, 0.1) is 11.8 Å². The Hall–Kier alpha value is -5.47. The number of ether oxygens (including phenoxy) is 2. The molecule has 2 fully saturated rings. The summed E-state index contributed by atoms with van der Waals surface area (Å²) in [6.45, 7) is 5.13. The first-order valence-corrected chi connectivity index (χ1v) is 20.0. The van der Waals surface area contributed by atoms with Crippen molar-refractivity contribution in [3.05, 3.63) is 144 Å². The first kappa shape index (κ1) is 38.4. The molecule has 0 saturated carbocycles. The van der Waals surface area contributed by atoms with Crippen LogP contribution in [0.3, 0.4) is 0 Å². The van der Waals surface area contributed by atoms with Gasteiger partial charge in [-0.1, -0.05) is 36.4 Å². The molecule has 0 aliphatic carbocycles. The number of H-pyrrole nitrogens is 1. The Kier molecular flexibility index (Phi) is 11.7. The summed E-state index contributed by atoms with van der Waals surface area (Å²) in [4.78, 5) is 26.5. The largest absolute Gasteiger partial charge is 0.455 e. The number of fused-ring (bicyclic) bond motifs is 1. The third-order valence-electron chi connectivity index (χ3n) is 10.7. The van der Waals surface area contributed by atoms with Crippen LogP contribution in [-0.4, -0.2) is 78.4 Å². The van der Waals surface area contributed by atoms with Crippen LogP contribution in [0, 0.1) is 17.6 Å². The molecule has 0 spiro atoms. The Labute approximate surface area is 334 Å². The number of carbonyl (C=O) groups is 1. The van der Waals surface area contributed by atoms with Crippen molar-refractivity contribution in [3.8, 4) is 11.5 Å². The number of aromatic amines is 1. The molecule has 6 aromatic rings. The Morgan fingerprint density at radius 3 is 2.47 bits per heavy atom. The van der Waals surface area contributed by atoms with Gasteiger partial charge in [-0.25, -0.2) is 13.8 Å². The van der Waals surface area contributed by atoms with Gasteiger partial charge < -0.3 is 29.8 Å². The van der Waals surface area contributed by atoms with E-state index in [4.69, 9.17) is 9.47 Å². The average molecular weight is 791 g/mol. The number of carbonyl (C=O) groups excluding carboxylic acids is 1. The van der Waals surface area contributed by atoms with Crippen molar-refractivity contribution in [1.29, 1.82) is 0 Å². The molecular weight excluding hydrogens is 747 g/mol. The van der Waals surface area contributed by atoms with Crippen LogP contribution in [0.4, 0.5) is 20.2 Å². The minimum absolute atomic E-state index is 0.186. The van der Waals surface area contributed by atoms with Crippen LogP contribution in [0.25, 0.3) is 11.0 Å². The highest BCUT2D eigenvalue weighted by Gasteiger charge is 2.35. The molecular formula is C44H44F2N6O4S. The minimum Gasteiger partial charge on any atom is -0.455 e. The molecule has 4 aromatic carbocycles. The van der Waals surface area contributed by atoms with Gasteiger partial charge in [0.25, 0.3) is 5.91 Å². The quantitative estimate of drug-likeness (QED) is 0.0866. The summed E-state index contributed by atoms with van der Waals surface area (Å²) in [5, 5.41) is 16.5. The van der Waals surface area contributed by atoms with Gasteiger partial charge in [0.15, 0.2) is 11.6 Å². The van der Waals surface area contributed by atoms with Crippen LogP contribution in [0.5, 0.6) is 11.5 Å². The number of amides is 1. The summed E-state index contributed by atoms with van der Waals surface area (Å²) in [6, 6.07) is 30.0. The second-order valence-corrected chi connectivity index (χ2v) is 15.4. The molecule has 0 radical (unpaired) electrons. The summed E-state index contributed by atoms with van der Waals surface area (Å²) in [7, 11) is 0. The van der Waals surface area contributed by atoms with E-state index in [1.165, 1.54) is 18.0 Å². The molecule has 2 aliphatic heterocycles. The first-order valence-electron chi connectivity index (χ1n) is 19.2. The maximum absolute atomic E-state index is 14.4. The van der Waals surface area contributed by atoms with E-state index >= 15 is 0 Å². The average Bonchev–Trinajstić information content (AvgIpc) is 3.72. The number of nitrogens with one attached hydrogen (secondary N) is 3. The smallest absolute Gasteiger partial charge is 0.265 e. The highest BCUT2D eigenvalue weighted by Crippen LogP contribution is 2.35. The number of pyridine rings is 1. The molecule has 8 rings (SSSR count). The van der Waals surface area contributed by atoms with Crippen LogP contribution >= 0.6 is 11.9 Å². The minimum atomic E-state index is -1.57. The summed E-state index contributed by atoms with van der Waals surface area (Å²) >= 11 is 1.24. The van der Waals surface area contributed by atoms with E-state index in [2.05, 4.69) is 29.8 Å². The monoisotopic (exact) mass is 790 g/mol. The molecule has 2 aliphatic rings. The number of hydrogen-bond acceptors (Lipinski definition) is 9. The second-order valence-electron chi connectivity index (χ2n) is 14.5. The molecule has 1 amide bonds. The van der Waals surface area contributed by atoms with E-state index in [-0.39, 0.29) is 18.0 Å². The molecule has 2 aromatic heterocycles. The van der Waals surface area contributed by atoms with Crippen molar-refractivity contribution in [3.63, 3.8) is 0 Å². The molecule has 13 heteroatoms. The third kappa shape index (κ3) is 9.07. The molecule has 2 saturated heterocycles. The zero-order valence-corrected chi connectivity index (χ0v) is 32.1. The molecule has 0 bridgehead atoms. The normalized spacial score (nSPS) is 16.3. The van der Waals surface area contributed by atoms with Gasteiger partial charge in [0.2, 0.25) is 0 Å². The number of piperazine rings is 1. The SMILES string of the molecule is O=C(NSc1ccc(NCC2CCOCC2)cc1)c1ccc(N2CCN(CC(O)(c3ccccc3)c3ccc(F)c(F)c3)CC2)cc1Oc1cnc2[nH]ccc2c1. The number of hydrogen-bond donors (Lipinski definition) is 4. The maximum Gasteiger partial charge on any atom is 0.265 e. The lowest BCUT2D eigenvalue weighted by Gasteiger charge is -2.41. The fourth-order valence-electron chi connectivity index (χ4n) is 7.40. The molecule has 10 nitrogen and oxygen atoms in total. The Morgan fingerprint density at radius 2 is 1.70 bits per heavy atom. The standard InChI is InChI=1S/C44H44F2N6O4S/c45-39-13-6-33(25-40(39)46)44(54,32-4-2-1-3-5-32)29-51-18-20-52(21-19-51)35-9-12-38(41(26-35)56-36-24-31-14-17-47-42(31)49-28-36)43(53)50-57-37-10-7-34(8-11-37)48-27-30-15-22-55-23-16-30/h1-14,17,24-26,28,30,48,54H,15-16,18-23,27,29H2,(H,47,49)(H,50,53). The van der Waals surface area contributed by atoms with Gasteiger partial charge in [-0.05, 0) is 102 Å². The Bertz CT molecular complexity index is 2300. The number of halogens is 2. The van der Waals surface area contributed by atoms with E-state index in [9.17, 15) is 18.7 Å². The number of aromatic nitrogens is 2. The van der Waals surface area contributed by atoms with Gasteiger partial charge in [0.1, 0.15) is 22.7 Å². The zero-order chi connectivity index (χ0) is 39.2. The zero-order valence-electron chi connectivity index (χ0n) is 31.3. The maximum atomic E-state index is 14.4. The van der Waals surface area contributed by atoms with Crippen molar-refractivity contribution >= 4 is 40.3 Å². The fourth-order valence-corrected chi connectivity index (χ4v) is 7.99. The van der Waals surface area contributed by atoms with E-state index < -0.39 is 17.2 Å². The summed E-state index contributed by atoms with van der Waals surface area (Å²) in [5.74, 6) is -0.794.